The molecule has 0 amide bonds. The fraction of sp³-hybridized carbons (Fsp3) is 0. The number of rotatable bonds is 0. The molecule has 0 heterocycles. The first-order valence-electron chi connectivity index (χ1n) is 0. The topological polar surface area (TPSA) is 0 Å². The van der Waals surface area contributed by atoms with E-state index in [-0.39, 0.29) is 80.7 Å². The van der Waals surface area contributed by atoms with Crippen molar-refractivity contribution in [2.75, 3.05) is 0 Å². The van der Waals surface area contributed by atoms with Crippen LogP contribution in [0.2, 0.25) is 0 Å². The van der Waals surface area contributed by atoms with Crippen LogP contribution in [0.25, 0.3) is 0 Å². The van der Waals surface area contributed by atoms with Crippen LogP contribution in [0.3, 0.4) is 0 Å². The molecule has 0 aromatic rings. The largest absolute Gasteiger partial charge is 3.00 e. The Morgan fingerprint density at radius 3 is 0.400 bits per heavy atom. The zero-order valence-corrected chi connectivity index (χ0v) is 9.13. The predicted octanol–water partition coefficient (Wildman–Crippen LogP) is -0.0122. The molecule has 0 rings (SSSR count). The molecule has 0 N–H and O–H groups in total. The van der Waals surface area contributed by atoms with Crippen LogP contribution >= 0.6 is 0 Å². The van der Waals surface area contributed by atoms with Gasteiger partial charge in [0.05, 0.1) is 0 Å². The molecule has 5 heteroatoms. The molecule has 0 spiro atoms. The molecule has 0 radical (unpaired) electrons. The van der Waals surface area contributed by atoms with Gasteiger partial charge < -0.3 is 40.5 Å². The van der Waals surface area contributed by atoms with Gasteiger partial charge >= 0.3 is 40.2 Å². The van der Waals surface area contributed by atoms with Crippen LogP contribution in [-0.4, -0.2) is 0 Å². The van der Waals surface area contributed by atoms with Crippen molar-refractivity contribution < 1.29 is 40.2 Å². The van der Waals surface area contributed by atoms with E-state index in [0.29, 0.717) is 0 Å². The molecular formula is Ir2S3. The quantitative estimate of drug-likeness (QED) is 0.458. The molecule has 0 nitrogen and oxygen atoms in total. The van der Waals surface area contributed by atoms with Crippen LogP contribution in [0.4, 0.5) is 0 Å². The van der Waals surface area contributed by atoms with Gasteiger partial charge in [-0.05, 0) is 0 Å². The van der Waals surface area contributed by atoms with Crippen molar-refractivity contribution in [1.82, 2.24) is 0 Å². The van der Waals surface area contributed by atoms with Gasteiger partial charge in [0.25, 0.3) is 0 Å². The van der Waals surface area contributed by atoms with Crippen molar-refractivity contribution in [3.8, 4) is 0 Å². The van der Waals surface area contributed by atoms with E-state index in [1.165, 1.54) is 0 Å². The van der Waals surface area contributed by atoms with Crippen LogP contribution in [0, 0.1) is 0 Å². The summed E-state index contributed by atoms with van der Waals surface area (Å²) in [6, 6.07) is 0. The zero-order valence-electron chi connectivity index (χ0n) is 1.89. The van der Waals surface area contributed by atoms with Gasteiger partial charge in [-0.15, -0.1) is 0 Å². The summed E-state index contributed by atoms with van der Waals surface area (Å²) in [4.78, 5) is 0. The first kappa shape index (κ1) is 53.7. The second kappa shape index (κ2) is 32.9. The molecule has 0 aliphatic heterocycles. The Hall–Kier alpha value is 2.35. The fourth-order valence-corrected chi connectivity index (χ4v) is 0. The van der Waals surface area contributed by atoms with E-state index in [9.17, 15) is 0 Å². The summed E-state index contributed by atoms with van der Waals surface area (Å²) in [7, 11) is 0. The van der Waals surface area contributed by atoms with Gasteiger partial charge in [-0.2, -0.15) is 0 Å². The molecule has 0 aromatic heterocycles. The maximum atomic E-state index is 0. The Balaban J connectivity index is 0. The van der Waals surface area contributed by atoms with Crippen molar-refractivity contribution in [2.24, 2.45) is 0 Å². The van der Waals surface area contributed by atoms with Crippen molar-refractivity contribution in [3.63, 3.8) is 0 Å². The van der Waals surface area contributed by atoms with E-state index < -0.39 is 0 Å². The van der Waals surface area contributed by atoms with Gasteiger partial charge in [0, 0.05) is 0 Å². The molecule has 0 aromatic carbocycles. The second-order valence-electron chi connectivity index (χ2n) is 0. The number of hydrogen-bond donors (Lipinski definition) is 0. The number of hydrogen-bond acceptors (Lipinski definition) is 0. The Kier molecular flexibility index (Phi) is 354. The van der Waals surface area contributed by atoms with Gasteiger partial charge in [0.2, 0.25) is 0 Å². The smallest absolute Gasteiger partial charge is 2.00 e. The summed E-state index contributed by atoms with van der Waals surface area (Å²) in [5.41, 5.74) is 0. The third kappa shape index (κ3) is 21.8. The fourth-order valence-electron chi connectivity index (χ4n) is 0. The summed E-state index contributed by atoms with van der Waals surface area (Å²) < 4.78 is 0. The SMILES string of the molecule is [Ir+3].[Ir+3].[S-2].[S-2].[S-2]. The Labute approximate surface area is 79.9 Å². The molecular weight excluding hydrogens is 481 g/mol. The summed E-state index contributed by atoms with van der Waals surface area (Å²) in [6.07, 6.45) is 0. The summed E-state index contributed by atoms with van der Waals surface area (Å²) in [6.45, 7) is 0. The normalized spacial score (nSPS) is 0. The van der Waals surface area contributed by atoms with Crippen LogP contribution in [0.15, 0.2) is 0 Å². The Bertz CT molecular complexity index is 4.85. The van der Waals surface area contributed by atoms with E-state index in [4.69, 9.17) is 0 Å². The molecule has 0 saturated carbocycles. The minimum absolute atomic E-state index is 0. The standard InChI is InChI=1S/2Ir.3S/q2*+3;3*-2. The second-order valence-corrected chi connectivity index (χ2v) is 0. The monoisotopic (exact) mass is 482 g/mol. The molecule has 0 atom stereocenters. The van der Waals surface area contributed by atoms with E-state index in [0.717, 1.165) is 0 Å². The third-order valence-electron chi connectivity index (χ3n) is 0. The van der Waals surface area contributed by atoms with Gasteiger partial charge in [-0.1, -0.05) is 0 Å². The molecule has 36 valence electrons. The van der Waals surface area contributed by atoms with Crippen LogP contribution in [0.5, 0.6) is 0 Å². The average Bonchev–Trinajstić information content (AvgIpc) is 0. The minimum atomic E-state index is 0. The maximum absolute atomic E-state index is 0. The van der Waals surface area contributed by atoms with Crippen LogP contribution < -0.4 is 0 Å². The van der Waals surface area contributed by atoms with E-state index in [2.05, 4.69) is 0 Å². The average molecular weight is 481 g/mol. The first-order valence-corrected chi connectivity index (χ1v) is 0. The Morgan fingerprint density at radius 1 is 0.400 bits per heavy atom. The molecule has 5 heavy (non-hydrogen) atoms. The maximum Gasteiger partial charge on any atom is 3.00 e. The van der Waals surface area contributed by atoms with Crippen molar-refractivity contribution >= 4 is 40.5 Å². The zero-order chi connectivity index (χ0) is 0. The van der Waals surface area contributed by atoms with Crippen LogP contribution in [0.1, 0.15) is 0 Å². The van der Waals surface area contributed by atoms with Crippen LogP contribution in [-0.2, 0) is 80.7 Å². The molecule has 0 saturated heterocycles. The van der Waals surface area contributed by atoms with Crippen molar-refractivity contribution in [2.45, 2.75) is 0 Å². The molecule has 0 bridgehead atoms. The van der Waals surface area contributed by atoms with E-state index >= 15 is 0 Å². The summed E-state index contributed by atoms with van der Waals surface area (Å²) in [5, 5.41) is 0. The van der Waals surface area contributed by atoms with E-state index in [1.54, 1.807) is 0 Å². The van der Waals surface area contributed by atoms with Gasteiger partial charge in [0.1, 0.15) is 0 Å². The third-order valence-corrected chi connectivity index (χ3v) is 0. The molecule has 0 aliphatic carbocycles. The predicted molar refractivity (Wildman–Crippen MR) is 22.1 cm³/mol. The molecule has 0 unspecified atom stereocenters. The van der Waals surface area contributed by atoms with Gasteiger partial charge in [0.15, 0.2) is 0 Å². The first-order chi connectivity index (χ1) is 0. The molecule has 0 fully saturated rings. The van der Waals surface area contributed by atoms with Gasteiger partial charge in [-0.3, -0.25) is 0 Å². The summed E-state index contributed by atoms with van der Waals surface area (Å²) in [5.74, 6) is 0. The van der Waals surface area contributed by atoms with Gasteiger partial charge in [-0.25, -0.2) is 0 Å². The van der Waals surface area contributed by atoms with E-state index in [1.807, 2.05) is 0 Å². The molecule has 0 aliphatic rings. The summed E-state index contributed by atoms with van der Waals surface area (Å²) >= 11 is 0. The van der Waals surface area contributed by atoms with Crippen molar-refractivity contribution in [3.05, 3.63) is 0 Å². The minimum Gasteiger partial charge on any atom is -2.00 e. The Morgan fingerprint density at radius 2 is 0.400 bits per heavy atom. The van der Waals surface area contributed by atoms with Crippen molar-refractivity contribution in [1.29, 1.82) is 0 Å².